The van der Waals surface area contributed by atoms with Gasteiger partial charge in [0.2, 0.25) is 11.8 Å². The van der Waals surface area contributed by atoms with Crippen LogP contribution in [-0.4, -0.2) is 43.6 Å². The van der Waals surface area contributed by atoms with E-state index in [-0.39, 0.29) is 22.1 Å². The Labute approximate surface area is 140 Å². The largest absolute Gasteiger partial charge is 0.315 e. The first-order chi connectivity index (χ1) is 10.7. The molecule has 2 unspecified atom stereocenters. The Morgan fingerprint density at radius 2 is 2.30 bits per heavy atom. The number of aromatic nitrogens is 2. The molecule has 3 heterocycles. The van der Waals surface area contributed by atoms with Crippen LogP contribution in [0.1, 0.15) is 46.2 Å². The lowest BCUT2D eigenvalue weighted by Crippen LogP contribution is -2.48. The number of fused-ring (bicyclic) bond motifs is 1. The van der Waals surface area contributed by atoms with Gasteiger partial charge in [-0.3, -0.25) is 14.7 Å². The number of H-pyrrole nitrogens is 1. The highest BCUT2D eigenvalue weighted by Gasteiger charge is 2.52. The Balaban J connectivity index is 1.67. The minimum atomic E-state index is -0.400. The van der Waals surface area contributed by atoms with Gasteiger partial charge in [0.15, 0.2) is 5.82 Å². The first kappa shape index (κ1) is 16.4. The number of nitrogens with one attached hydrogen (secondary N) is 2. The zero-order valence-electron chi connectivity index (χ0n) is 14.1. The van der Waals surface area contributed by atoms with E-state index >= 15 is 0 Å². The second-order valence-electron chi connectivity index (χ2n) is 7.77. The fourth-order valence-corrected chi connectivity index (χ4v) is 4.74. The van der Waals surface area contributed by atoms with Crippen LogP contribution < -0.4 is 5.32 Å². The van der Waals surface area contributed by atoms with Crippen molar-refractivity contribution in [2.75, 3.05) is 11.1 Å². The molecule has 1 aromatic heterocycles. The Morgan fingerprint density at radius 1 is 1.57 bits per heavy atom. The molecule has 3 rings (SSSR count). The highest BCUT2D eigenvalue weighted by atomic mass is 32.2. The second-order valence-corrected chi connectivity index (χ2v) is 9.27. The Kier molecular flexibility index (Phi) is 3.94. The average Bonchev–Trinajstić information content (AvgIpc) is 3.05. The first-order valence-corrected chi connectivity index (χ1v) is 8.98. The molecule has 2 saturated heterocycles. The number of rotatable bonds is 3. The van der Waals surface area contributed by atoms with E-state index in [4.69, 9.17) is 0 Å². The van der Waals surface area contributed by atoms with Crippen LogP contribution in [-0.2, 0) is 16.0 Å². The highest BCUT2D eigenvalue weighted by Crippen LogP contribution is 2.47. The first-order valence-electron chi connectivity index (χ1n) is 7.99. The number of thioether (sulfide) groups is 1. The minimum Gasteiger partial charge on any atom is -0.315 e. The SMILES string of the molecule is CC(C)(C)Cc1cc(NC(=O)C2CSC3(C)CCC(=O)N23)n[nH]1. The van der Waals surface area contributed by atoms with Crippen molar-refractivity contribution in [2.24, 2.45) is 5.41 Å². The van der Waals surface area contributed by atoms with Gasteiger partial charge >= 0.3 is 0 Å². The van der Waals surface area contributed by atoms with Crippen molar-refractivity contribution >= 4 is 29.4 Å². The molecule has 6 nitrogen and oxygen atoms in total. The number of nitrogens with zero attached hydrogens (tertiary/aromatic N) is 2. The van der Waals surface area contributed by atoms with Gasteiger partial charge in [-0.2, -0.15) is 5.10 Å². The molecule has 2 aliphatic heterocycles. The van der Waals surface area contributed by atoms with Crippen molar-refractivity contribution in [3.8, 4) is 0 Å². The maximum atomic E-state index is 12.6. The zero-order chi connectivity index (χ0) is 16.8. The number of anilines is 1. The number of hydrogen-bond donors (Lipinski definition) is 2. The van der Waals surface area contributed by atoms with Gasteiger partial charge < -0.3 is 10.2 Å². The summed E-state index contributed by atoms with van der Waals surface area (Å²) >= 11 is 1.70. The molecule has 2 aliphatic rings. The molecule has 2 N–H and O–H groups in total. The van der Waals surface area contributed by atoms with Crippen LogP contribution in [0.25, 0.3) is 0 Å². The molecule has 126 valence electrons. The number of hydrogen-bond acceptors (Lipinski definition) is 4. The molecule has 7 heteroatoms. The molecule has 2 amide bonds. The zero-order valence-corrected chi connectivity index (χ0v) is 14.9. The topological polar surface area (TPSA) is 78.1 Å². The van der Waals surface area contributed by atoms with Crippen LogP contribution in [0.5, 0.6) is 0 Å². The number of amides is 2. The summed E-state index contributed by atoms with van der Waals surface area (Å²) in [6.07, 6.45) is 2.21. The van der Waals surface area contributed by atoms with Gasteiger partial charge in [0.05, 0.1) is 4.87 Å². The van der Waals surface area contributed by atoms with E-state index in [0.717, 1.165) is 18.5 Å². The van der Waals surface area contributed by atoms with E-state index in [1.807, 2.05) is 13.0 Å². The third kappa shape index (κ3) is 3.24. The van der Waals surface area contributed by atoms with Gasteiger partial charge in [0, 0.05) is 23.9 Å². The number of carbonyl (C=O) groups is 2. The van der Waals surface area contributed by atoms with Crippen LogP contribution in [0.15, 0.2) is 6.07 Å². The molecule has 1 aromatic rings. The quantitative estimate of drug-likeness (QED) is 0.888. The van der Waals surface area contributed by atoms with E-state index in [1.54, 1.807) is 16.7 Å². The lowest BCUT2D eigenvalue weighted by Gasteiger charge is -2.29. The summed E-state index contributed by atoms with van der Waals surface area (Å²) in [5.74, 6) is 1.10. The van der Waals surface area contributed by atoms with Crippen molar-refractivity contribution in [1.29, 1.82) is 0 Å². The minimum absolute atomic E-state index is 0.0769. The summed E-state index contributed by atoms with van der Waals surface area (Å²) in [7, 11) is 0. The molecule has 0 bridgehead atoms. The molecular weight excluding hydrogens is 312 g/mol. The van der Waals surface area contributed by atoms with Gasteiger partial charge in [0.1, 0.15) is 6.04 Å². The van der Waals surface area contributed by atoms with E-state index < -0.39 is 6.04 Å². The van der Waals surface area contributed by atoms with Crippen LogP contribution in [0, 0.1) is 5.41 Å². The van der Waals surface area contributed by atoms with Crippen LogP contribution in [0.4, 0.5) is 5.82 Å². The third-order valence-electron chi connectivity index (χ3n) is 4.35. The summed E-state index contributed by atoms with van der Waals surface area (Å²) in [6.45, 7) is 8.51. The van der Waals surface area contributed by atoms with Crippen molar-refractivity contribution in [2.45, 2.75) is 57.9 Å². The van der Waals surface area contributed by atoms with Gasteiger partial charge in [0.25, 0.3) is 0 Å². The van der Waals surface area contributed by atoms with Crippen molar-refractivity contribution in [3.05, 3.63) is 11.8 Å². The van der Waals surface area contributed by atoms with Gasteiger partial charge in [-0.25, -0.2) is 0 Å². The number of aromatic amines is 1. The fraction of sp³-hybridized carbons (Fsp3) is 0.688. The number of carbonyl (C=O) groups excluding carboxylic acids is 2. The van der Waals surface area contributed by atoms with Crippen molar-refractivity contribution in [1.82, 2.24) is 15.1 Å². The van der Waals surface area contributed by atoms with Crippen molar-refractivity contribution in [3.63, 3.8) is 0 Å². The second kappa shape index (κ2) is 5.54. The molecule has 0 aromatic carbocycles. The summed E-state index contributed by atoms with van der Waals surface area (Å²) in [5.41, 5.74) is 1.15. The summed E-state index contributed by atoms with van der Waals surface area (Å²) < 4.78 is 0. The molecule has 2 fully saturated rings. The average molecular weight is 336 g/mol. The maximum Gasteiger partial charge on any atom is 0.249 e. The summed E-state index contributed by atoms with van der Waals surface area (Å²) in [4.78, 5) is 26.2. The highest BCUT2D eigenvalue weighted by molar-refractivity contribution is 8.01. The predicted octanol–water partition coefficient (Wildman–Crippen LogP) is 2.39. The normalized spacial score (nSPS) is 27.4. The molecule has 0 saturated carbocycles. The van der Waals surface area contributed by atoms with Crippen LogP contribution in [0.3, 0.4) is 0 Å². The molecular formula is C16H24N4O2S. The van der Waals surface area contributed by atoms with Gasteiger partial charge in [-0.15, -0.1) is 11.8 Å². The van der Waals surface area contributed by atoms with E-state index in [1.165, 1.54) is 0 Å². The summed E-state index contributed by atoms with van der Waals surface area (Å²) in [6, 6.07) is 1.47. The van der Waals surface area contributed by atoms with Crippen LogP contribution in [0.2, 0.25) is 0 Å². The molecule has 2 atom stereocenters. The lowest BCUT2D eigenvalue weighted by molar-refractivity contribution is -0.135. The predicted molar refractivity (Wildman–Crippen MR) is 91.1 cm³/mol. The molecule has 0 spiro atoms. The van der Waals surface area contributed by atoms with E-state index in [9.17, 15) is 9.59 Å². The van der Waals surface area contributed by atoms with Crippen LogP contribution >= 0.6 is 11.8 Å². The van der Waals surface area contributed by atoms with E-state index in [2.05, 4.69) is 36.3 Å². The van der Waals surface area contributed by atoms with Crippen molar-refractivity contribution < 1.29 is 9.59 Å². The Bertz CT molecular complexity index is 636. The molecule has 23 heavy (non-hydrogen) atoms. The molecule has 0 radical (unpaired) electrons. The van der Waals surface area contributed by atoms with Gasteiger partial charge in [-0.1, -0.05) is 20.8 Å². The fourth-order valence-electron chi connectivity index (χ4n) is 3.31. The maximum absolute atomic E-state index is 12.6. The standard InChI is InChI=1S/C16H24N4O2S/c1-15(2,3)8-10-7-12(19-18-10)17-14(22)11-9-23-16(4)6-5-13(21)20(11)16/h7,11H,5-6,8-9H2,1-4H3,(H2,17,18,19,22). The summed E-state index contributed by atoms with van der Waals surface area (Å²) in [5, 5.41) is 9.99. The Morgan fingerprint density at radius 3 is 3.00 bits per heavy atom. The third-order valence-corrected chi connectivity index (χ3v) is 5.86. The molecule has 0 aliphatic carbocycles. The van der Waals surface area contributed by atoms with Gasteiger partial charge in [-0.05, 0) is 25.2 Å². The smallest absolute Gasteiger partial charge is 0.249 e. The Hall–Kier alpha value is -1.50. The van der Waals surface area contributed by atoms with E-state index in [0.29, 0.717) is 18.0 Å². The lowest BCUT2D eigenvalue weighted by atomic mass is 9.91. The monoisotopic (exact) mass is 336 g/mol.